The summed E-state index contributed by atoms with van der Waals surface area (Å²) in [7, 11) is 1.91. The first-order valence-corrected chi connectivity index (χ1v) is 5.30. The van der Waals surface area contributed by atoms with Gasteiger partial charge in [-0.15, -0.1) is 0 Å². The zero-order valence-corrected chi connectivity index (χ0v) is 9.81. The highest BCUT2D eigenvalue weighted by Gasteiger charge is 2.28. The number of aryl methyl sites for hydroxylation is 1. The number of nitrogens with zero attached hydrogens (tertiary/aromatic N) is 2. The van der Waals surface area contributed by atoms with Crippen LogP contribution in [0.2, 0.25) is 0 Å². The Hall–Kier alpha value is -1.61. The average Bonchev–Trinajstić information content (AvgIpc) is 2.61. The molecule has 1 heterocycles. The summed E-state index contributed by atoms with van der Waals surface area (Å²) >= 11 is 0. The van der Waals surface area contributed by atoms with Crippen molar-refractivity contribution in [2.75, 3.05) is 0 Å². The Morgan fingerprint density at radius 3 is 2.38 bits per heavy atom. The number of aliphatic hydroxyl groups is 1. The zero-order valence-electron chi connectivity index (χ0n) is 9.81. The monoisotopic (exact) mass is 216 g/mol. The van der Waals surface area contributed by atoms with Crippen molar-refractivity contribution in [2.45, 2.75) is 19.4 Å². The van der Waals surface area contributed by atoms with E-state index < -0.39 is 5.60 Å². The molecule has 0 fully saturated rings. The maximum Gasteiger partial charge on any atom is 0.128 e. The summed E-state index contributed by atoms with van der Waals surface area (Å²) in [5, 5.41) is 10.6. The first-order chi connectivity index (χ1) is 7.53. The number of hydrogen-bond donors (Lipinski definition) is 1. The molecule has 0 bridgehead atoms. The number of rotatable bonds is 2. The molecule has 1 aromatic heterocycles. The SMILES string of the molecule is Cc1ncc([C@](C)(O)c2ccccc2)n1C. The molecule has 2 rings (SSSR count). The summed E-state index contributed by atoms with van der Waals surface area (Å²) in [5.74, 6) is 0.895. The topological polar surface area (TPSA) is 38.1 Å². The van der Waals surface area contributed by atoms with E-state index in [1.54, 1.807) is 13.1 Å². The molecular weight excluding hydrogens is 200 g/mol. The van der Waals surface area contributed by atoms with E-state index in [-0.39, 0.29) is 0 Å². The first-order valence-electron chi connectivity index (χ1n) is 5.30. The van der Waals surface area contributed by atoms with E-state index in [1.165, 1.54) is 0 Å². The van der Waals surface area contributed by atoms with Crippen LogP contribution in [0.1, 0.15) is 24.0 Å². The third kappa shape index (κ3) is 1.63. The van der Waals surface area contributed by atoms with Gasteiger partial charge in [0.25, 0.3) is 0 Å². The van der Waals surface area contributed by atoms with Crippen molar-refractivity contribution in [3.63, 3.8) is 0 Å². The van der Waals surface area contributed by atoms with Gasteiger partial charge in [0, 0.05) is 7.05 Å². The molecule has 0 saturated carbocycles. The van der Waals surface area contributed by atoms with Crippen molar-refractivity contribution in [1.82, 2.24) is 9.55 Å². The van der Waals surface area contributed by atoms with Crippen LogP contribution in [-0.4, -0.2) is 14.7 Å². The minimum atomic E-state index is -1.00. The molecule has 1 aromatic carbocycles. The molecule has 0 spiro atoms. The van der Waals surface area contributed by atoms with Gasteiger partial charge in [0.2, 0.25) is 0 Å². The van der Waals surface area contributed by atoms with E-state index in [0.717, 1.165) is 17.1 Å². The van der Waals surface area contributed by atoms with Crippen LogP contribution < -0.4 is 0 Å². The van der Waals surface area contributed by atoms with Gasteiger partial charge in [-0.05, 0) is 19.4 Å². The number of aromatic nitrogens is 2. The Morgan fingerprint density at radius 2 is 1.88 bits per heavy atom. The van der Waals surface area contributed by atoms with Gasteiger partial charge in [0.1, 0.15) is 11.4 Å². The van der Waals surface area contributed by atoms with E-state index in [4.69, 9.17) is 0 Å². The van der Waals surface area contributed by atoms with Gasteiger partial charge in [-0.25, -0.2) is 4.98 Å². The minimum absolute atomic E-state index is 0.802. The van der Waals surface area contributed by atoms with E-state index in [0.29, 0.717) is 0 Å². The molecular formula is C13H16N2O. The Bertz CT molecular complexity index is 486. The van der Waals surface area contributed by atoms with Gasteiger partial charge in [0.15, 0.2) is 0 Å². The normalized spacial score (nSPS) is 14.8. The van der Waals surface area contributed by atoms with Crippen LogP contribution in [0.25, 0.3) is 0 Å². The lowest BCUT2D eigenvalue weighted by Gasteiger charge is -2.24. The molecule has 0 unspecified atom stereocenters. The standard InChI is InChI=1S/C13H16N2O/c1-10-14-9-12(15(10)3)13(2,16)11-7-5-4-6-8-11/h4-9,16H,1-3H3/t13-/m1/s1. The first kappa shape index (κ1) is 10.9. The molecule has 1 N–H and O–H groups in total. The second-order valence-electron chi connectivity index (χ2n) is 4.19. The molecule has 0 aliphatic rings. The summed E-state index contributed by atoms with van der Waals surface area (Å²) < 4.78 is 1.91. The third-order valence-electron chi connectivity index (χ3n) is 3.06. The van der Waals surface area contributed by atoms with Gasteiger partial charge in [0.05, 0.1) is 11.9 Å². The van der Waals surface area contributed by atoms with Crippen molar-refractivity contribution < 1.29 is 5.11 Å². The number of imidazole rings is 1. The predicted octanol–water partition coefficient (Wildman–Crippen LogP) is 1.98. The van der Waals surface area contributed by atoms with E-state index in [9.17, 15) is 5.11 Å². The van der Waals surface area contributed by atoms with E-state index in [1.807, 2.05) is 48.9 Å². The molecule has 0 saturated heterocycles. The smallest absolute Gasteiger partial charge is 0.128 e. The largest absolute Gasteiger partial charge is 0.379 e. The lowest BCUT2D eigenvalue weighted by Crippen LogP contribution is -2.25. The second kappa shape index (κ2) is 3.76. The van der Waals surface area contributed by atoms with Crippen molar-refractivity contribution in [1.29, 1.82) is 0 Å². The van der Waals surface area contributed by atoms with Crippen LogP contribution in [0.3, 0.4) is 0 Å². The highest BCUT2D eigenvalue weighted by atomic mass is 16.3. The Labute approximate surface area is 95.4 Å². The lowest BCUT2D eigenvalue weighted by molar-refractivity contribution is 0.0940. The third-order valence-corrected chi connectivity index (χ3v) is 3.06. The fourth-order valence-electron chi connectivity index (χ4n) is 1.86. The molecule has 1 atom stereocenters. The molecule has 0 radical (unpaired) electrons. The number of benzene rings is 1. The highest BCUT2D eigenvalue weighted by molar-refractivity contribution is 5.31. The Balaban J connectivity index is 2.51. The summed E-state index contributed by atoms with van der Waals surface area (Å²) in [4.78, 5) is 4.21. The van der Waals surface area contributed by atoms with Gasteiger partial charge in [-0.1, -0.05) is 30.3 Å². The van der Waals surface area contributed by atoms with Crippen molar-refractivity contribution >= 4 is 0 Å². The second-order valence-corrected chi connectivity index (χ2v) is 4.19. The summed E-state index contributed by atoms with van der Waals surface area (Å²) in [5.41, 5.74) is 0.672. The van der Waals surface area contributed by atoms with Crippen LogP contribution in [-0.2, 0) is 12.6 Å². The fraction of sp³-hybridized carbons (Fsp3) is 0.308. The summed E-state index contributed by atoms with van der Waals surface area (Å²) in [6.45, 7) is 3.71. The Kier molecular flexibility index (Phi) is 2.56. The van der Waals surface area contributed by atoms with Crippen molar-refractivity contribution in [3.8, 4) is 0 Å². The molecule has 16 heavy (non-hydrogen) atoms. The molecule has 2 aromatic rings. The lowest BCUT2D eigenvalue weighted by atomic mass is 9.93. The van der Waals surface area contributed by atoms with Crippen LogP contribution in [0.4, 0.5) is 0 Å². The van der Waals surface area contributed by atoms with Crippen molar-refractivity contribution in [2.24, 2.45) is 7.05 Å². The van der Waals surface area contributed by atoms with Crippen LogP contribution >= 0.6 is 0 Å². The molecule has 84 valence electrons. The van der Waals surface area contributed by atoms with Crippen LogP contribution in [0, 0.1) is 6.92 Å². The van der Waals surface area contributed by atoms with Gasteiger partial charge < -0.3 is 9.67 Å². The zero-order chi connectivity index (χ0) is 11.8. The molecule has 0 amide bonds. The molecule has 3 heteroatoms. The fourth-order valence-corrected chi connectivity index (χ4v) is 1.86. The molecule has 0 aliphatic carbocycles. The Morgan fingerprint density at radius 1 is 1.25 bits per heavy atom. The predicted molar refractivity (Wildman–Crippen MR) is 63.1 cm³/mol. The molecule has 0 aliphatic heterocycles. The maximum absolute atomic E-state index is 10.6. The van der Waals surface area contributed by atoms with Crippen LogP contribution in [0.5, 0.6) is 0 Å². The maximum atomic E-state index is 10.6. The number of hydrogen-bond acceptors (Lipinski definition) is 2. The average molecular weight is 216 g/mol. The summed E-state index contributed by atoms with van der Waals surface area (Å²) in [6.07, 6.45) is 1.72. The molecule has 3 nitrogen and oxygen atoms in total. The van der Waals surface area contributed by atoms with E-state index >= 15 is 0 Å². The summed E-state index contributed by atoms with van der Waals surface area (Å²) in [6, 6.07) is 9.62. The van der Waals surface area contributed by atoms with Gasteiger partial charge in [-0.2, -0.15) is 0 Å². The minimum Gasteiger partial charge on any atom is -0.379 e. The van der Waals surface area contributed by atoms with E-state index in [2.05, 4.69) is 4.98 Å². The van der Waals surface area contributed by atoms with Crippen LogP contribution in [0.15, 0.2) is 36.5 Å². The highest BCUT2D eigenvalue weighted by Crippen LogP contribution is 2.28. The quantitative estimate of drug-likeness (QED) is 0.833. The van der Waals surface area contributed by atoms with Gasteiger partial charge in [-0.3, -0.25) is 0 Å². The van der Waals surface area contributed by atoms with Gasteiger partial charge >= 0.3 is 0 Å². The van der Waals surface area contributed by atoms with Crippen molar-refractivity contribution in [3.05, 3.63) is 53.6 Å².